The lowest BCUT2D eigenvalue weighted by Crippen LogP contribution is -2.23. The summed E-state index contributed by atoms with van der Waals surface area (Å²) in [6, 6.07) is 11.1. The predicted molar refractivity (Wildman–Crippen MR) is 82.1 cm³/mol. The average Bonchev–Trinajstić information content (AvgIpc) is 3.15. The molecule has 1 aliphatic heterocycles. The van der Waals surface area contributed by atoms with Crippen LogP contribution in [0.2, 0.25) is 0 Å². The van der Waals surface area contributed by atoms with E-state index in [0.717, 1.165) is 29.8 Å². The highest BCUT2D eigenvalue weighted by Crippen LogP contribution is 2.37. The first-order valence-electron chi connectivity index (χ1n) is 7.29. The minimum absolute atomic E-state index is 0.393. The number of nitrogens with zero attached hydrogens (tertiary/aromatic N) is 5. The predicted octanol–water partition coefficient (Wildman–Crippen LogP) is 2.70. The number of hydrogen-bond acceptors (Lipinski definition) is 4. The Labute approximate surface area is 123 Å². The molecule has 1 aliphatic rings. The van der Waals surface area contributed by atoms with Gasteiger partial charge in [-0.3, -0.25) is 4.68 Å². The largest absolute Gasteiger partial charge is 0.349 e. The van der Waals surface area contributed by atoms with Gasteiger partial charge in [-0.15, -0.1) is 0 Å². The van der Waals surface area contributed by atoms with Crippen LogP contribution in [0, 0.1) is 0 Å². The Hall–Kier alpha value is -2.43. The molecule has 1 atom stereocenters. The molecule has 5 heteroatoms. The van der Waals surface area contributed by atoms with Crippen molar-refractivity contribution >= 4 is 16.9 Å². The third-order valence-corrected chi connectivity index (χ3v) is 4.22. The molecule has 3 heterocycles. The lowest BCUT2D eigenvalue weighted by molar-refractivity contribution is 0.713. The Balaban J connectivity index is 1.80. The third-order valence-electron chi connectivity index (χ3n) is 4.22. The quantitative estimate of drug-likeness (QED) is 0.723. The van der Waals surface area contributed by atoms with Crippen LogP contribution in [0.1, 0.15) is 24.4 Å². The van der Waals surface area contributed by atoms with E-state index in [1.54, 1.807) is 11.0 Å². The van der Waals surface area contributed by atoms with E-state index >= 15 is 0 Å². The van der Waals surface area contributed by atoms with Crippen molar-refractivity contribution in [3.8, 4) is 0 Å². The second-order valence-electron chi connectivity index (χ2n) is 5.46. The van der Waals surface area contributed by atoms with E-state index in [4.69, 9.17) is 0 Å². The van der Waals surface area contributed by atoms with Gasteiger partial charge in [0.25, 0.3) is 0 Å². The molecule has 0 radical (unpaired) electrons. The fourth-order valence-corrected chi connectivity index (χ4v) is 3.22. The van der Waals surface area contributed by atoms with Crippen LogP contribution in [0.25, 0.3) is 11.0 Å². The molecule has 21 heavy (non-hydrogen) atoms. The molecule has 5 nitrogen and oxygen atoms in total. The molecule has 0 bridgehead atoms. The van der Waals surface area contributed by atoms with Crippen LogP contribution < -0.4 is 4.90 Å². The monoisotopic (exact) mass is 279 g/mol. The van der Waals surface area contributed by atoms with Crippen molar-refractivity contribution in [2.24, 2.45) is 7.05 Å². The van der Waals surface area contributed by atoms with E-state index < -0.39 is 0 Å². The SMILES string of the molecule is Cn1ncc2c(N3CCC[C@H]3c3ccccc3)ncnc21. The second kappa shape index (κ2) is 4.84. The smallest absolute Gasteiger partial charge is 0.163 e. The summed E-state index contributed by atoms with van der Waals surface area (Å²) < 4.78 is 1.80. The van der Waals surface area contributed by atoms with Crippen LogP contribution in [-0.2, 0) is 7.05 Å². The van der Waals surface area contributed by atoms with Crippen molar-refractivity contribution in [3.05, 3.63) is 48.4 Å². The van der Waals surface area contributed by atoms with Gasteiger partial charge in [-0.25, -0.2) is 9.97 Å². The van der Waals surface area contributed by atoms with Crippen molar-refractivity contribution in [2.75, 3.05) is 11.4 Å². The summed E-state index contributed by atoms with van der Waals surface area (Å²) in [5.74, 6) is 0.999. The van der Waals surface area contributed by atoms with Crippen molar-refractivity contribution in [3.63, 3.8) is 0 Å². The maximum Gasteiger partial charge on any atom is 0.163 e. The zero-order valence-corrected chi connectivity index (χ0v) is 12.0. The zero-order chi connectivity index (χ0) is 14.2. The van der Waals surface area contributed by atoms with E-state index in [9.17, 15) is 0 Å². The summed E-state index contributed by atoms with van der Waals surface area (Å²) in [5.41, 5.74) is 2.24. The molecule has 0 spiro atoms. The van der Waals surface area contributed by atoms with Crippen molar-refractivity contribution in [1.29, 1.82) is 0 Å². The van der Waals surface area contributed by atoms with Crippen LogP contribution in [0.15, 0.2) is 42.9 Å². The first kappa shape index (κ1) is 12.3. The highest BCUT2D eigenvalue weighted by Gasteiger charge is 2.28. The van der Waals surface area contributed by atoms with Crippen molar-refractivity contribution in [2.45, 2.75) is 18.9 Å². The van der Waals surface area contributed by atoms with Crippen LogP contribution in [0.5, 0.6) is 0 Å². The number of hydrogen-bond donors (Lipinski definition) is 0. The van der Waals surface area contributed by atoms with Crippen LogP contribution in [-0.4, -0.2) is 26.3 Å². The Morgan fingerprint density at radius 2 is 2.00 bits per heavy atom. The van der Waals surface area contributed by atoms with E-state index in [0.29, 0.717) is 6.04 Å². The number of aryl methyl sites for hydroxylation is 1. The first-order chi connectivity index (χ1) is 10.3. The summed E-state index contributed by atoms with van der Waals surface area (Å²) >= 11 is 0. The Bertz CT molecular complexity index is 765. The maximum atomic E-state index is 4.54. The van der Waals surface area contributed by atoms with Gasteiger partial charge >= 0.3 is 0 Å². The number of anilines is 1. The fourth-order valence-electron chi connectivity index (χ4n) is 3.22. The Morgan fingerprint density at radius 3 is 2.86 bits per heavy atom. The van der Waals surface area contributed by atoms with Gasteiger partial charge in [0.1, 0.15) is 12.1 Å². The van der Waals surface area contributed by atoms with Crippen LogP contribution in [0.4, 0.5) is 5.82 Å². The molecular formula is C16H17N5. The number of benzene rings is 1. The van der Waals surface area contributed by atoms with Crippen molar-refractivity contribution in [1.82, 2.24) is 19.7 Å². The van der Waals surface area contributed by atoms with Gasteiger partial charge in [0.2, 0.25) is 0 Å². The summed E-state index contributed by atoms with van der Waals surface area (Å²) in [4.78, 5) is 11.3. The first-order valence-corrected chi connectivity index (χ1v) is 7.29. The second-order valence-corrected chi connectivity index (χ2v) is 5.46. The van der Waals surface area contributed by atoms with E-state index in [2.05, 4.69) is 50.3 Å². The molecule has 1 aromatic carbocycles. The molecule has 4 rings (SSSR count). The average molecular weight is 279 g/mol. The van der Waals surface area contributed by atoms with Gasteiger partial charge in [-0.05, 0) is 18.4 Å². The van der Waals surface area contributed by atoms with E-state index in [1.807, 2.05) is 13.2 Å². The van der Waals surface area contributed by atoms with Gasteiger partial charge in [-0.2, -0.15) is 5.10 Å². The highest BCUT2D eigenvalue weighted by molar-refractivity contribution is 5.87. The molecule has 0 N–H and O–H groups in total. The minimum atomic E-state index is 0.393. The van der Waals surface area contributed by atoms with E-state index in [-0.39, 0.29) is 0 Å². The standard InChI is InChI=1S/C16H17N5/c1-20-15-13(10-19-20)16(18-11-17-15)21-9-5-8-14(21)12-6-3-2-4-7-12/h2-4,6-7,10-11,14H,5,8-9H2,1H3/t14-/m0/s1. The van der Waals surface area contributed by atoms with Gasteiger partial charge in [0, 0.05) is 13.6 Å². The van der Waals surface area contributed by atoms with Crippen molar-refractivity contribution < 1.29 is 0 Å². The molecule has 0 aliphatic carbocycles. The normalized spacial score (nSPS) is 18.5. The molecule has 2 aromatic heterocycles. The summed E-state index contributed by atoms with van der Waals surface area (Å²) in [5, 5.41) is 5.34. The van der Waals surface area contributed by atoms with Crippen LogP contribution >= 0.6 is 0 Å². The number of aromatic nitrogens is 4. The molecule has 0 saturated carbocycles. The van der Waals surface area contributed by atoms with Gasteiger partial charge in [-0.1, -0.05) is 30.3 Å². The molecule has 106 valence electrons. The summed E-state index contributed by atoms with van der Waals surface area (Å²) in [6.45, 7) is 1.03. The number of rotatable bonds is 2. The van der Waals surface area contributed by atoms with Gasteiger partial charge in [0.15, 0.2) is 5.65 Å². The topological polar surface area (TPSA) is 46.8 Å². The van der Waals surface area contributed by atoms with Gasteiger partial charge < -0.3 is 4.90 Å². The Morgan fingerprint density at radius 1 is 1.14 bits per heavy atom. The molecule has 3 aromatic rings. The molecule has 1 saturated heterocycles. The van der Waals surface area contributed by atoms with Crippen LogP contribution in [0.3, 0.4) is 0 Å². The van der Waals surface area contributed by atoms with E-state index in [1.165, 1.54) is 12.0 Å². The molecule has 1 fully saturated rings. The highest BCUT2D eigenvalue weighted by atomic mass is 15.3. The number of fused-ring (bicyclic) bond motifs is 1. The third kappa shape index (κ3) is 1.96. The van der Waals surface area contributed by atoms with Gasteiger partial charge in [0.05, 0.1) is 17.6 Å². The zero-order valence-electron chi connectivity index (χ0n) is 12.0. The molecule has 0 unspecified atom stereocenters. The summed E-state index contributed by atoms with van der Waals surface area (Å²) in [6.07, 6.45) is 5.85. The lowest BCUT2D eigenvalue weighted by Gasteiger charge is -2.26. The lowest BCUT2D eigenvalue weighted by atomic mass is 10.0. The molecular weight excluding hydrogens is 262 g/mol. The minimum Gasteiger partial charge on any atom is -0.349 e. The maximum absolute atomic E-state index is 4.54. The molecule has 0 amide bonds. The Kier molecular flexibility index (Phi) is 2.84. The fraction of sp³-hybridized carbons (Fsp3) is 0.312. The summed E-state index contributed by atoms with van der Waals surface area (Å²) in [7, 11) is 1.91.